The molecule has 0 aliphatic heterocycles. The maximum Gasteiger partial charge on any atom is 0.410 e. The van der Waals surface area contributed by atoms with Gasteiger partial charge in [-0.05, 0) is 33.1 Å². The summed E-state index contributed by atoms with van der Waals surface area (Å²) in [6.45, 7) is 8.84. The van der Waals surface area contributed by atoms with Crippen LogP contribution in [-0.2, 0) is 4.74 Å². The lowest BCUT2D eigenvalue weighted by Crippen LogP contribution is -2.41. The van der Waals surface area contributed by atoms with Crippen LogP contribution in [0.4, 0.5) is 4.79 Å². The SMILES string of the molecule is CC1CC1N(CCN)C(=O)OC(C)(C)C. The van der Waals surface area contributed by atoms with Crippen LogP contribution in [0.5, 0.6) is 0 Å². The zero-order valence-corrected chi connectivity index (χ0v) is 10.1. The number of hydrogen-bond donors (Lipinski definition) is 1. The third-order valence-electron chi connectivity index (χ3n) is 2.47. The number of ether oxygens (including phenoxy) is 1. The second-order valence-electron chi connectivity index (χ2n) is 5.24. The third kappa shape index (κ3) is 3.70. The molecule has 88 valence electrons. The Morgan fingerprint density at radius 3 is 2.40 bits per heavy atom. The van der Waals surface area contributed by atoms with Gasteiger partial charge < -0.3 is 15.4 Å². The van der Waals surface area contributed by atoms with Crippen LogP contribution in [0.15, 0.2) is 0 Å². The van der Waals surface area contributed by atoms with Gasteiger partial charge in [0.05, 0.1) is 0 Å². The average Bonchev–Trinajstić information content (AvgIpc) is 2.74. The van der Waals surface area contributed by atoms with E-state index in [1.807, 2.05) is 20.8 Å². The molecule has 2 unspecified atom stereocenters. The average molecular weight is 214 g/mol. The summed E-state index contributed by atoms with van der Waals surface area (Å²) >= 11 is 0. The third-order valence-corrected chi connectivity index (χ3v) is 2.47. The quantitative estimate of drug-likeness (QED) is 0.776. The van der Waals surface area contributed by atoms with Crippen molar-refractivity contribution in [3.8, 4) is 0 Å². The number of carbonyl (C=O) groups excluding carboxylic acids is 1. The van der Waals surface area contributed by atoms with Crippen LogP contribution in [0.25, 0.3) is 0 Å². The number of carbonyl (C=O) groups is 1. The van der Waals surface area contributed by atoms with E-state index in [4.69, 9.17) is 10.5 Å². The predicted octanol–water partition coefficient (Wildman–Crippen LogP) is 1.59. The van der Waals surface area contributed by atoms with E-state index < -0.39 is 5.60 Å². The minimum absolute atomic E-state index is 0.234. The van der Waals surface area contributed by atoms with Gasteiger partial charge in [0, 0.05) is 19.1 Å². The molecule has 1 rings (SSSR count). The van der Waals surface area contributed by atoms with Crippen LogP contribution in [0.2, 0.25) is 0 Å². The van der Waals surface area contributed by atoms with E-state index >= 15 is 0 Å². The summed E-state index contributed by atoms with van der Waals surface area (Å²) in [5.74, 6) is 0.587. The zero-order chi connectivity index (χ0) is 11.6. The lowest BCUT2D eigenvalue weighted by Gasteiger charge is -2.27. The molecule has 0 bridgehead atoms. The molecule has 2 atom stereocenters. The smallest absolute Gasteiger partial charge is 0.410 e. The molecule has 0 radical (unpaired) electrons. The van der Waals surface area contributed by atoms with Gasteiger partial charge in [-0.25, -0.2) is 4.79 Å². The standard InChI is InChI=1S/C11H22N2O2/c1-8-7-9(8)13(6-5-12)10(14)15-11(2,3)4/h8-9H,5-7,12H2,1-4H3. The molecule has 1 fully saturated rings. The summed E-state index contributed by atoms with van der Waals surface area (Å²) in [6, 6.07) is 0.336. The molecule has 0 aromatic rings. The Balaban J connectivity index is 2.52. The van der Waals surface area contributed by atoms with Crippen LogP contribution in [0, 0.1) is 5.92 Å². The van der Waals surface area contributed by atoms with Crippen molar-refractivity contribution in [2.75, 3.05) is 13.1 Å². The normalized spacial score (nSPS) is 24.9. The molecule has 0 spiro atoms. The molecule has 4 heteroatoms. The van der Waals surface area contributed by atoms with Gasteiger partial charge in [-0.1, -0.05) is 6.92 Å². The largest absolute Gasteiger partial charge is 0.444 e. The summed E-state index contributed by atoms with van der Waals surface area (Å²) < 4.78 is 5.33. The van der Waals surface area contributed by atoms with Crippen molar-refractivity contribution in [2.45, 2.75) is 45.8 Å². The highest BCUT2D eigenvalue weighted by molar-refractivity contribution is 5.69. The van der Waals surface area contributed by atoms with Crippen molar-refractivity contribution in [1.82, 2.24) is 4.90 Å². The second-order valence-corrected chi connectivity index (χ2v) is 5.24. The van der Waals surface area contributed by atoms with Gasteiger partial charge in [-0.15, -0.1) is 0 Å². The van der Waals surface area contributed by atoms with Crippen molar-refractivity contribution in [3.63, 3.8) is 0 Å². The Morgan fingerprint density at radius 2 is 2.07 bits per heavy atom. The van der Waals surface area contributed by atoms with E-state index in [1.54, 1.807) is 4.90 Å². The van der Waals surface area contributed by atoms with Crippen LogP contribution in [0.3, 0.4) is 0 Å². The maximum atomic E-state index is 11.8. The van der Waals surface area contributed by atoms with E-state index in [1.165, 1.54) is 0 Å². The Kier molecular flexibility index (Phi) is 3.60. The zero-order valence-electron chi connectivity index (χ0n) is 10.1. The molecular formula is C11H22N2O2. The fourth-order valence-electron chi connectivity index (χ4n) is 1.59. The summed E-state index contributed by atoms with van der Waals surface area (Å²) in [7, 11) is 0. The van der Waals surface area contributed by atoms with E-state index in [-0.39, 0.29) is 6.09 Å². The van der Waals surface area contributed by atoms with Gasteiger partial charge in [0.15, 0.2) is 0 Å². The van der Waals surface area contributed by atoms with Gasteiger partial charge >= 0.3 is 6.09 Å². The van der Waals surface area contributed by atoms with Crippen molar-refractivity contribution < 1.29 is 9.53 Å². The van der Waals surface area contributed by atoms with Gasteiger partial charge in [0.2, 0.25) is 0 Å². The first kappa shape index (κ1) is 12.3. The van der Waals surface area contributed by atoms with Crippen LogP contribution in [0.1, 0.15) is 34.1 Å². The molecule has 4 nitrogen and oxygen atoms in total. The fourth-order valence-corrected chi connectivity index (χ4v) is 1.59. The molecule has 0 heterocycles. The van der Waals surface area contributed by atoms with Crippen LogP contribution >= 0.6 is 0 Å². The van der Waals surface area contributed by atoms with Crippen molar-refractivity contribution in [2.24, 2.45) is 11.7 Å². The monoisotopic (exact) mass is 214 g/mol. The first-order chi connectivity index (χ1) is 6.85. The number of nitrogens with two attached hydrogens (primary N) is 1. The van der Waals surface area contributed by atoms with Gasteiger partial charge in [0.25, 0.3) is 0 Å². The molecule has 1 aliphatic rings. The lowest BCUT2D eigenvalue weighted by atomic mass is 10.2. The summed E-state index contributed by atoms with van der Waals surface area (Å²) in [5.41, 5.74) is 5.06. The van der Waals surface area contributed by atoms with Crippen molar-refractivity contribution in [1.29, 1.82) is 0 Å². The fraction of sp³-hybridized carbons (Fsp3) is 0.909. The summed E-state index contributed by atoms with van der Waals surface area (Å²) in [5, 5.41) is 0. The first-order valence-electron chi connectivity index (χ1n) is 5.55. The minimum Gasteiger partial charge on any atom is -0.444 e. The number of rotatable bonds is 3. The highest BCUT2D eigenvalue weighted by Crippen LogP contribution is 2.35. The molecule has 0 aromatic heterocycles. The molecule has 1 aliphatic carbocycles. The maximum absolute atomic E-state index is 11.8. The first-order valence-corrected chi connectivity index (χ1v) is 5.55. The minimum atomic E-state index is -0.429. The number of hydrogen-bond acceptors (Lipinski definition) is 3. The predicted molar refractivity (Wildman–Crippen MR) is 59.6 cm³/mol. The highest BCUT2D eigenvalue weighted by Gasteiger charge is 2.41. The highest BCUT2D eigenvalue weighted by atomic mass is 16.6. The Hall–Kier alpha value is -0.770. The van der Waals surface area contributed by atoms with E-state index in [0.29, 0.717) is 25.0 Å². The summed E-state index contributed by atoms with van der Waals surface area (Å²) in [6.07, 6.45) is 0.835. The van der Waals surface area contributed by atoms with Gasteiger partial charge in [0.1, 0.15) is 5.60 Å². The Labute approximate surface area is 91.8 Å². The lowest BCUT2D eigenvalue weighted by molar-refractivity contribution is 0.0231. The van der Waals surface area contributed by atoms with Gasteiger partial charge in [-0.3, -0.25) is 0 Å². The van der Waals surface area contributed by atoms with E-state index in [0.717, 1.165) is 6.42 Å². The second kappa shape index (κ2) is 4.39. The molecular weight excluding hydrogens is 192 g/mol. The molecule has 1 saturated carbocycles. The van der Waals surface area contributed by atoms with Crippen LogP contribution in [-0.4, -0.2) is 35.7 Å². The molecule has 2 N–H and O–H groups in total. The van der Waals surface area contributed by atoms with Gasteiger partial charge in [-0.2, -0.15) is 0 Å². The molecule has 15 heavy (non-hydrogen) atoms. The summed E-state index contributed by atoms with van der Waals surface area (Å²) in [4.78, 5) is 13.6. The molecule has 0 aromatic carbocycles. The van der Waals surface area contributed by atoms with E-state index in [2.05, 4.69) is 6.92 Å². The Morgan fingerprint density at radius 1 is 1.53 bits per heavy atom. The van der Waals surface area contributed by atoms with Crippen molar-refractivity contribution in [3.05, 3.63) is 0 Å². The topological polar surface area (TPSA) is 55.6 Å². The molecule has 1 amide bonds. The van der Waals surface area contributed by atoms with Crippen LogP contribution < -0.4 is 5.73 Å². The van der Waals surface area contributed by atoms with Crippen molar-refractivity contribution >= 4 is 6.09 Å². The number of nitrogens with zero attached hydrogens (tertiary/aromatic N) is 1. The Bertz CT molecular complexity index is 235. The molecule has 0 saturated heterocycles. The van der Waals surface area contributed by atoms with E-state index in [9.17, 15) is 4.79 Å². The number of amides is 1.